The zero-order valence-electron chi connectivity index (χ0n) is 16.2. The van der Waals surface area contributed by atoms with Gasteiger partial charge in [0.25, 0.3) is 5.91 Å². The molecule has 0 spiro atoms. The summed E-state index contributed by atoms with van der Waals surface area (Å²) in [4.78, 5) is 29.0. The highest BCUT2D eigenvalue weighted by molar-refractivity contribution is 5.98. The third-order valence-electron chi connectivity index (χ3n) is 5.11. The van der Waals surface area contributed by atoms with Crippen LogP contribution in [-0.4, -0.2) is 42.4 Å². The van der Waals surface area contributed by atoms with Crippen LogP contribution in [0, 0.1) is 0 Å². The number of benzene rings is 2. The predicted octanol–water partition coefficient (Wildman–Crippen LogP) is 3.56. The van der Waals surface area contributed by atoms with Crippen LogP contribution in [0.15, 0.2) is 48.5 Å². The monoisotopic (exact) mass is 365 g/mol. The van der Waals surface area contributed by atoms with Crippen molar-refractivity contribution in [3.05, 3.63) is 59.7 Å². The fourth-order valence-electron chi connectivity index (χ4n) is 3.65. The van der Waals surface area contributed by atoms with Gasteiger partial charge in [-0.1, -0.05) is 24.3 Å². The molecule has 1 unspecified atom stereocenters. The molecule has 3 rings (SSSR count). The Hall–Kier alpha value is -2.82. The lowest BCUT2D eigenvalue weighted by atomic mass is 10.1. The number of rotatable bonds is 6. The SMILES string of the molecule is CCN(CC)C(=O)c1cccc(NC(=O)CN2c3ccccc3CC2C)c1. The summed E-state index contributed by atoms with van der Waals surface area (Å²) >= 11 is 0. The highest BCUT2D eigenvalue weighted by atomic mass is 16.2. The molecule has 0 aliphatic carbocycles. The standard InChI is InChI=1S/C22H27N3O2/c1-4-24(5-2)22(27)18-10-8-11-19(14-18)23-21(26)15-25-16(3)13-17-9-6-7-12-20(17)25/h6-12,14,16H,4-5,13,15H2,1-3H3,(H,23,26). The lowest BCUT2D eigenvalue weighted by Crippen LogP contribution is -2.37. The van der Waals surface area contributed by atoms with E-state index >= 15 is 0 Å². The lowest BCUT2D eigenvalue weighted by Gasteiger charge is -2.24. The van der Waals surface area contributed by atoms with Crippen LogP contribution in [-0.2, 0) is 11.2 Å². The van der Waals surface area contributed by atoms with Crippen molar-refractivity contribution in [2.45, 2.75) is 33.2 Å². The van der Waals surface area contributed by atoms with Gasteiger partial charge in [0.2, 0.25) is 5.91 Å². The number of carbonyl (C=O) groups excluding carboxylic acids is 2. The zero-order valence-corrected chi connectivity index (χ0v) is 16.2. The molecule has 0 bridgehead atoms. The minimum atomic E-state index is -0.0778. The minimum Gasteiger partial charge on any atom is -0.359 e. The second-order valence-electron chi connectivity index (χ2n) is 6.92. The maximum atomic E-state index is 12.6. The summed E-state index contributed by atoms with van der Waals surface area (Å²) in [6.07, 6.45) is 0.956. The number of anilines is 2. The van der Waals surface area contributed by atoms with Crippen LogP contribution in [0.1, 0.15) is 36.7 Å². The molecule has 27 heavy (non-hydrogen) atoms. The quantitative estimate of drug-likeness (QED) is 0.852. The van der Waals surface area contributed by atoms with E-state index in [1.807, 2.05) is 32.0 Å². The van der Waals surface area contributed by atoms with E-state index in [9.17, 15) is 9.59 Å². The molecule has 1 heterocycles. The Morgan fingerprint density at radius 1 is 1.11 bits per heavy atom. The summed E-state index contributed by atoms with van der Waals surface area (Å²) in [7, 11) is 0. The second-order valence-corrected chi connectivity index (χ2v) is 6.92. The number of hydrogen-bond acceptors (Lipinski definition) is 3. The molecule has 0 aromatic heterocycles. The Labute approximate surface area is 161 Å². The van der Waals surface area contributed by atoms with Crippen molar-refractivity contribution in [3.63, 3.8) is 0 Å². The maximum Gasteiger partial charge on any atom is 0.253 e. The molecule has 0 fully saturated rings. The smallest absolute Gasteiger partial charge is 0.253 e. The minimum absolute atomic E-state index is 0.0156. The van der Waals surface area contributed by atoms with Gasteiger partial charge in [0, 0.05) is 36.1 Å². The zero-order chi connectivity index (χ0) is 19.4. The largest absolute Gasteiger partial charge is 0.359 e. The number of hydrogen-bond donors (Lipinski definition) is 1. The van der Waals surface area contributed by atoms with Gasteiger partial charge in [-0.05, 0) is 57.0 Å². The van der Waals surface area contributed by atoms with Crippen LogP contribution >= 0.6 is 0 Å². The van der Waals surface area contributed by atoms with Crippen LogP contribution in [0.2, 0.25) is 0 Å². The molecule has 0 saturated heterocycles. The van der Waals surface area contributed by atoms with Gasteiger partial charge in [0.1, 0.15) is 0 Å². The molecule has 5 heteroatoms. The Morgan fingerprint density at radius 2 is 1.85 bits per heavy atom. The van der Waals surface area contributed by atoms with Crippen molar-refractivity contribution in [1.29, 1.82) is 0 Å². The van der Waals surface area contributed by atoms with E-state index in [1.54, 1.807) is 23.1 Å². The molecule has 2 aromatic carbocycles. The van der Waals surface area contributed by atoms with Crippen molar-refractivity contribution < 1.29 is 9.59 Å². The molecule has 0 saturated carbocycles. The highest BCUT2D eigenvalue weighted by Gasteiger charge is 2.27. The number of nitrogens with zero attached hydrogens (tertiary/aromatic N) is 2. The normalized spacial score (nSPS) is 15.4. The average molecular weight is 365 g/mol. The van der Waals surface area contributed by atoms with Crippen LogP contribution in [0.3, 0.4) is 0 Å². The lowest BCUT2D eigenvalue weighted by molar-refractivity contribution is -0.115. The van der Waals surface area contributed by atoms with Crippen LogP contribution in [0.4, 0.5) is 11.4 Å². The number of fused-ring (bicyclic) bond motifs is 1. The van der Waals surface area contributed by atoms with E-state index in [4.69, 9.17) is 0 Å². The van der Waals surface area contributed by atoms with Crippen molar-refractivity contribution >= 4 is 23.2 Å². The Bertz CT molecular complexity index is 830. The van der Waals surface area contributed by atoms with Gasteiger partial charge in [-0.15, -0.1) is 0 Å². The second kappa shape index (κ2) is 8.25. The summed E-state index contributed by atoms with van der Waals surface area (Å²) < 4.78 is 0. The fourth-order valence-corrected chi connectivity index (χ4v) is 3.65. The molecule has 0 radical (unpaired) electrons. The van der Waals surface area contributed by atoms with E-state index in [0.29, 0.717) is 36.9 Å². The average Bonchev–Trinajstić information content (AvgIpc) is 2.98. The summed E-state index contributed by atoms with van der Waals surface area (Å²) in [5.74, 6) is -0.0933. The Morgan fingerprint density at radius 3 is 2.59 bits per heavy atom. The van der Waals surface area contributed by atoms with Crippen molar-refractivity contribution in [2.75, 3.05) is 29.9 Å². The fraction of sp³-hybridized carbons (Fsp3) is 0.364. The number of para-hydroxylation sites is 1. The van der Waals surface area contributed by atoms with Gasteiger partial charge >= 0.3 is 0 Å². The van der Waals surface area contributed by atoms with Gasteiger partial charge in [0.15, 0.2) is 0 Å². The van der Waals surface area contributed by atoms with E-state index in [-0.39, 0.29) is 11.8 Å². The maximum absolute atomic E-state index is 12.6. The molecule has 2 amide bonds. The first-order chi connectivity index (χ1) is 13.0. The molecule has 5 nitrogen and oxygen atoms in total. The van der Waals surface area contributed by atoms with Crippen LogP contribution < -0.4 is 10.2 Å². The first-order valence-electron chi connectivity index (χ1n) is 9.57. The molecule has 1 N–H and O–H groups in total. The van der Waals surface area contributed by atoms with Crippen molar-refractivity contribution in [2.24, 2.45) is 0 Å². The van der Waals surface area contributed by atoms with Gasteiger partial charge in [0.05, 0.1) is 6.54 Å². The molecular weight excluding hydrogens is 338 g/mol. The Balaban J connectivity index is 1.68. The van der Waals surface area contributed by atoms with E-state index in [2.05, 4.69) is 29.3 Å². The van der Waals surface area contributed by atoms with E-state index < -0.39 is 0 Å². The molecule has 2 aromatic rings. The Kier molecular flexibility index (Phi) is 5.79. The number of nitrogens with one attached hydrogen (secondary N) is 1. The van der Waals surface area contributed by atoms with E-state index in [0.717, 1.165) is 12.1 Å². The summed E-state index contributed by atoms with van der Waals surface area (Å²) in [5, 5.41) is 2.94. The third kappa shape index (κ3) is 4.13. The van der Waals surface area contributed by atoms with Crippen molar-refractivity contribution in [1.82, 2.24) is 4.90 Å². The predicted molar refractivity (Wildman–Crippen MR) is 109 cm³/mol. The van der Waals surface area contributed by atoms with Crippen LogP contribution in [0.25, 0.3) is 0 Å². The topological polar surface area (TPSA) is 52.7 Å². The molecule has 1 aliphatic heterocycles. The van der Waals surface area contributed by atoms with Gasteiger partial charge in [-0.2, -0.15) is 0 Å². The number of amides is 2. The van der Waals surface area contributed by atoms with Crippen LogP contribution in [0.5, 0.6) is 0 Å². The first kappa shape index (κ1) is 19.0. The number of carbonyl (C=O) groups is 2. The highest BCUT2D eigenvalue weighted by Crippen LogP contribution is 2.31. The van der Waals surface area contributed by atoms with E-state index in [1.165, 1.54) is 5.56 Å². The van der Waals surface area contributed by atoms with Crippen molar-refractivity contribution in [3.8, 4) is 0 Å². The molecular formula is C22H27N3O2. The van der Waals surface area contributed by atoms with Gasteiger partial charge in [-0.3, -0.25) is 9.59 Å². The summed E-state index contributed by atoms with van der Waals surface area (Å²) in [6, 6.07) is 15.7. The summed E-state index contributed by atoms with van der Waals surface area (Å²) in [6.45, 7) is 7.68. The molecule has 1 aliphatic rings. The van der Waals surface area contributed by atoms with Gasteiger partial charge < -0.3 is 15.1 Å². The third-order valence-corrected chi connectivity index (χ3v) is 5.11. The molecule has 1 atom stereocenters. The first-order valence-corrected chi connectivity index (χ1v) is 9.57. The molecule has 142 valence electrons. The summed E-state index contributed by atoms with van der Waals surface area (Å²) in [5.41, 5.74) is 3.66. The van der Waals surface area contributed by atoms with Gasteiger partial charge in [-0.25, -0.2) is 0 Å².